The minimum atomic E-state index is -1.11. The standard InChI is InChI=1S/C52H99NO4/c1-3-5-7-9-11-13-15-17-19-21-22-23-24-25-26-27-28-29-31-33-35-37-39-41-43-45-47-51(56)52(57)53-49(48-54)50(55)46-44-42-40-38-36-34-32-30-20-18-16-14-12-10-8-6-4-2/h20,30,36,38,44,46,49-51,54-56H,3-19,21-29,31-35,37,39-43,45,47-48H2,1-2H3,(H,53,57)/b30-20+,38-36+,46-44+. The highest BCUT2D eigenvalue weighted by atomic mass is 16.3. The maximum Gasteiger partial charge on any atom is 0.249 e. The van der Waals surface area contributed by atoms with Gasteiger partial charge < -0.3 is 20.6 Å². The van der Waals surface area contributed by atoms with Gasteiger partial charge in [-0.2, -0.15) is 0 Å². The van der Waals surface area contributed by atoms with Crippen LogP contribution in [0.1, 0.15) is 264 Å². The molecule has 57 heavy (non-hydrogen) atoms. The van der Waals surface area contributed by atoms with E-state index in [1.165, 1.54) is 199 Å². The Kier molecular flexibility index (Phi) is 46.1. The van der Waals surface area contributed by atoms with Gasteiger partial charge in [-0.15, -0.1) is 0 Å². The van der Waals surface area contributed by atoms with Crippen molar-refractivity contribution in [1.82, 2.24) is 5.32 Å². The quantitative estimate of drug-likeness (QED) is 0.0365. The van der Waals surface area contributed by atoms with E-state index in [-0.39, 0.29) is 6.61 Å². The van der Waals surface area contributed by atoms with Crippen LogP contribution in [0.4, 0.5) is 0 Å². The molecule has 0 heterocycles. The van der Waals surface area contributed by atoms with E-state index >= 15 is 0 Å². The molecule has 0 aliphatic carbocycles. The lowest BCUT2D eigenvalue weighted by molar-refractivity contribution is -0.131. The van der Waals surface area contributed by atoms with Gasteiger partial charge in [-0.05, 0) is 44.9 Å². The molecule has 3 unspecified atom stereocenters. The monoisotopic (exact) mass is 802 g/mol. The zero-order valence-electron chi connectivity index (χ0n) is 38.2. The number of hydrogen-bond acceptors (Lipinski definition) is 4. The summed E-state index contributed by atoms with van der Waals surface area (Å²) >= 11 is 0. The van der Waals surface area contributed by atoms with Crippen molar-refractivity contribution in [2.45, 2.75) is 283 Å². The summed E-state index contributed by atoms with van der Waals surface area (Å²) in [7, 11) is 0. The fourth-order valence-electron chi connectivity index (χ4n) is 7.75. The van der Waals surface area contributed by atoms with Crippen LogP contribution >= 0.6 is 0 Å². The number of carbonyl (C=O) groups is 1. The zero-order chi connectivity index (χ0) is 41.5. The minimum absolute atomic E-state index is 0.379. The second-order valence-electron chi connectivity index (χ2n) is 17.4. The van der Waals surface area contributed by atoms with Gasteiger partial charge in [0.2, 0.25) is 5.91 Å². The summed E-state index contributed by atoms with van der Waals surface area (Å²) in [6.07, 6.45) is 60.6. The van der Waals surface area contributed by atoms with E-state index in [4.69, 9.17) is 0 Å². The summed E-state index contributed by atoms with van der Waals surface area (Å²) in [4.78, 5) is 12.5. The second kappa shape index (κ2) is 47.3. The Morgan fingerprint density at radius 3 is 1.07 bits per heavy atom. The summed E-state index contributed by atoms with van der Waals surface area (Å²) in [6, 6.07) is -0.819. The van der Waals surface area contributed by atoms with Crippen LogP contribution in [-0.4, -0.2) is 46.1 Å². The molecule has 0 spiro atoms. The van der Waals surface area contributed by atoms with Gasteiger partial charge in [-0.25, -0.2) is 0 Å². The van der Waals surface area contributed by atoms with Crippen LogP contribution < -0.4 is 5.32 Å². The first kappa shape index (κ1) is 55.6. The van der Waals surface area contributed by atoms with Crippen molar-refractivity contribution >= 4 is 5.91 Å². The number of hydrogen-bond donors (Lipinski definition) is 4. The average Bonchev–Trinajstić information content (AvgIpc) is 3.22. The Bertz CT molecular complexity index is 885. The lowest BCUT2D eigenvalue weighted by Crippen LogP contribution is -2.48. The van der Waals surface area contributed by atoms with Crippen LogP contribution in [0.5, 0.6) is 0 Å². The molecule has 5 nitrogen and oxygen atoms in total. The van der Waals surface area contributed by atoms with E-state index < -0.39 is 24.2 Å². The Morgan fingerprint density at radius 1 is 0.421 bits per heavy atom. The number of carbonyl (C=O) groups excluding carboxylic acids is 1. The number of rotatable bonds is 46. The zero-order valence-corrected chi connectivity index (χ0v) is 38.2. The first-order valence-corrected chi connectivity index (χ1v) is 25.3. The van der Waals surface area contributed by atoms with Crippen molar-refractivity contribution in [3.63, 3.8) is 0 Å². The molecule has 0 bridgehead atoms. The van der Waals surface area contributed by atoms with E-state index in [2.05, 4.69) is 43.5 Å². The highest BCUT2D eigenvalue weighted by molar-refractivity contribution is 5.80. The fraction of sp³-hybridized carbons (Fsp3) is 0.865. The van der Waals surface area contributed by atoms with Gasteiger partial charge in [0.05, 0.1) is 18.8 Å². The first-order chi connectivity index (χ1) is 28.1. The third kappa shape index (κ3) is 42.5. The minimum Gasteiger partial charge on any atom is -0.394 e. The van der Waals surface area contributed by atoms with E-state index in [1.807, 2.05) is 6.08 Å². The lowest BCUT2D eigenvalue weighted by atomic mass is 10.0. The molecule has 1 amide bonds. The molecule has 4 N–H and O–H groups in total. The van der Waals surface area contributed by atoms with E-state index in [0.717, 1.165) is 44.9 Å². The molecular weight excluding hydrogens is 703 g/mol. The van der Waals surface area contributed by atoms with Crippen molar-refractivity contribution in [2.24, 2.45) is 0 Å². The summed E-state index contributed by atoms with van der Waals surface area (Å²) in [5.41, 5.74) is 0. The number of allylic oxidation sites excluding steroid dienone is 5. The van der Waals surface area contributed by atoms with E-state index in [0.29, 0.717) is 6.42 Å². The molecule has 0 saturated carbocycles. The van der Waals surface area contributed by atoms with Crippen LogP contribution in [0.2, 0.25) is 0 Å². The normalized spacial score (nSPS) is 13.7. The number of aliphatic hydroxyl groups is 3. The summed E-state index contributed by atoms with van der Waals surface area (Å²) in [5.74, 6) is -0.513. The molecule has 0 aromatic heterocycles. The molecule has 336 valence electrons. The van der Waals surface area contributed by atoms with Crippen LogP contribution in [-0.2, 0) is 4.79 Å². The van der Waals surface area contributed by atoms with Crippen molar-refractivity contribution in [2.75, 3.05) is 6.61 Å². The Morgan fingerprint density at radius 2 is 0.719 bits per heavy atom. The van der Waals surface area contributed by atoms with Gasteiger partial charge in [-0.3, -0.25) is 4.79 Å². The van der Waals surface area contributed by atoms with Gasteiger partial charge in [-0.1, -0.05) is 256 Å². The molecule has 0 aromatic rings. The van der Waals surface area contributed by atoms with Gasteiger partial charge in [0.15, 0.2) is 0 Å². The van der Waals surface area contributed by atoms with Gasteiger partial charge in [0, 0.05) is 0 Å². The van der Waals surface area contributed by atoms with Gasteiger partial charge in [0.1, 0.15) is 6.10 Å². The Labute approximate surface area is 355 Å². The molecule has 0 aliphatic heterocycles. The molecule has 0 aromatic carbocycles. The predicted octanol–water partition coefficient (Wildman–Crippen LogP) is 15.1. The lowest BCUT2D eigenvalue weighted by Gasteiger charge is -2.21. The SMILES string of the molecule is CCCCCCCCC/C=C/CC/C=C/CC/C=C/C(O)C(CO)NC(=O)C(O)CCCCCCCCCCCCCCCCCCCCCCCCCCCC. The van der Waals surface area contributed by atoms with Crippen molar-refractivity contribution in [3.8, 4) is 0 Å². The average molecular weight is 802 g/mol. The first-order valence-electron chi connectivity index (χ1n) is 25.3. The summed E-state index contributed by atoms with van der Waals surface area (Å²) < 4.78 is 0. The Hall–Kier alpha value is -1.43. The maximum atomic E-state index is 12.5. The van der Waals surface area contributed by atoms with Crippen LogP contribution in [0.25, 0.3) is 0 Å². The van der Waals surface area contributed by atoms with Crippen LogP contribution in [0.15, 0.2) is 36.5 Å². The van der Waals surface area contributed by atoms with Crippen molar-refractivity contribution in [3.05, 3.63) is 36.5 Å². The molecule has 0 radical (unpaired) electrons. The van der Waals surface area contributed by atoms with Gasteiger partial charge >= 0.3 is 0 Å². The largest absolute Gasteiger partial charge is 0.394 e. The third-order valence-corrected chi connectivity index (χ3v) is 11.7. The molecule has 0 aliphatic rings. The van der Waals surface area contributed by atoms with Crippen molar-refractivity contribution in [1.29, 1.82) is 0 Å². The smallest absolute Gasteiger partial charge is 0.249 e. The molecule has 3 atom stereocenters. The van der Waals surface area contributed by atoms with E-state index in [1.54, 1.807) is 6.08 Å². The molecule has 0 saturated heterocycles. The topological polar surface area (TPSA) is 89.8 Å². The third-order valence-electron chi connectivity index (χ3n) is 11.7. The van der Waals surface area contributed by atoms with Crippen LogP contribution in [0, 0.1) is 0 Å². The highest BCUT2D eigenvalue weighted by Gasteiger charge is 2.22. The highest BCUT2D eigenvalue weighted by Crippen LogP contribution is 2.17. The summed E-state index contributed by atoms with van der Waals surface area (Å²) in [5, 5.41) is 33.2. The fourth-order valence-corrected chi connectivity index (χ4v) is 7.75. The predicted molar refractivity (Wildman–Crippen MR) is 250 cm³/mol. The molecular formula is C52H99NO4. The maximum absolute atomic E-state index is 12.5. The van der Waals surface area contributed by atoms with Crippen molar-refractivity contribution < 1.29 is 20.1 Å². The van der Waals surface area contributed by atoms with Gasteiger partial charge in [0.25, 0.3) is 0 Å². The number of aliphatic hydroxyl groups excluding tert-OH is 3. The second-order valence-corrected chi connectivity index (χ2v) is 17.4. The molecule has 0 rings (SSSR count). The Balaban J connectivity index is 3.61. The number of nitrogens with one attached hydrogen (secondary N) is 1. The van der Waals surface area contributed by atoms with E-state index in [9.17, 15) is 20.1 Å². The molecule has 0 fully saturated rings. The number of amides is 1. The number of unbranched alkanes of at least 4 members (excludes halogenated alkanes) is 34. The van der Waals surface area contributed by atoms with Crippen LogP contribution in [0.3, 0.4) is 0 Å². The molecule has 5 heteroatoms. The summed E-state index contributed by atoms with van der Waals surface area (Å²) in [6.45, 7) is 4.18.